The lowest BCUT2D eigenvalue weighted by atomic mass is 9.70. The van der Waals surface area contributed by atoms with Gasteiger partial charge in [0.2, 0.25) is 0 Å². The molecule has 0 aliphatic heterocycles. The van der Waals surface area contributed by atoms with Crippen molar-refractivity contribution in [3.05, 3.63) is 341 Å². The summed E-state index contributed by atoms with van der Waals surface area (Å²) in [5, 5.41) is 0. The summed E-state index contributed by atoms with van der Waals surface area (Å²) in [6.07, 6.45) is 5.76. The zero-order chi connectivity index (χ0) is 66.6. The second-order valence-electron chi connectivity index (χ2n) is 22.9. The van der Waals surface area contributed by atoms with Crippen LogP contribution in [-0.4, -0.2) is 28.4 Å². The summed E-state index contributed by atoms with van der Waals surface area (Å²) < 4.78 is 46.3. The van der Waals surface area contributed by atoms with Crippen molar-refractivity contribution in [1.82, 2.24) is 0 Å². The van der Waals surface area contributed by atoms with Crippen LogP contribution >= 0.6 is 0 Å². The van der Waals surface area contributed by atoms with Crippen LogP contribution in [0, 0.1) is 0 Å². The first-order valence-corrected chi connectivity index (χ1v) is 31.5. The zero-order valence-electron chi connectivity index (χ0n) is 54.1. The van der Waals surface area contributed by atoms with E-state index in [-0.39, 0.29) is 0 Å². The maximum Gasteiger partial charge on any atom is 0.126 e. The molecule has 0 fully saturated rings. The molecule has 14 rings (SSSR count). The van der Waals surface area contributed by atoms with Gasteiger partial charge in [0.1, 0.15) is 46.0 Å². The van der Waals surface area contributed by atoms with E-state index in [0.717, 1.165) is 136 Å². The van der Waals surface area contributed by atoms with E-state index in [1.54, 1.807) is 28.4 Å². The van der Waals surface area contributed by atoms with Gasteiger partial charge < -0.3 is 57.5 Å². The molecule has 2 aliphatic rings. The minimum atomic E-state index is -1.06. The van der Waals surface area contributed by atoms with E-state index in [2.05, 4.69) is 216 Å². The molecule has 0 saturated heterocycles. The van der Waals surface area contributed by atoms with E-state index in [9.17, 15) is 0 Å². The van der Waals surface area contributed by atoms with Crippen molar-refractivity contribution in [2.45, 2.75) is 5.41 Å². The molecule has 0 amide bonds. The summed E-state index contributed by atoms with van der Waals surface area (Å²) in [7, 11) is 6.74. The molecule has 0 radical (unpaired) electrons. The molecule has 0 bridgehead atoms. The van der Waals surface area contributed by atoms with Crippen LogP contribution in [0.25, 0.3) is 22.3 Å². The summed E-state index contributed by atoms with van der Waals surface area (Å²) in [5.74, 6) is 5.61. The van der Waals surface area contributed by atoms with Crippen LogP contribution < -0.4 is 57.5 Å². The molecule has 12 nitrogen and oxygen atoms in total. The molecule has 1 spiro atoms. The second-order valence-corrected chi connectivity index (χ2v) is 22.9. The van der Waals surface area contributed by atoms with Crippen LogP contribution in [0.4, 0.5) is 68.2 Å². The van der Waals surface area contributed by atoms with Crippen molar-refractivity contribution < 1.29 is 37.9 Å². The van der Waals surface area contributed by atoms with Crippen LogP contribution in [0.5, 0.6) is 46.0 Å². The Balaban J connectivity index is 1.09. The van der Waals surface area contributed by atoms with Crippen molar-refractivity contribution in [1.29, 1.82) is 0 Å². The van der Waals surface area contributed by atoms with Crippen molar-refractivity contribution in [2.24, 2.45) is 0 Å². The molecule has 0 unspecified atom stereocenters. The molecule has 12 aromatic rings. The normalized spacial score (nSPS) is 11.8. The molecular formula is C85H68N4O8. The molecule has 97 heavy (non-hydrogen) atoms. The van der Waals surface area contributed by atoms with Crippen LogP contribution in [0.2, 0.25) is 0 Å². The van der Waals surface area contributed by atoms with Crippen LogP contribution in [-0.2, 0) is 5.41 Å². The summed E-state index contributed by atoms with van der Waals surface area (Å²) in [4.78, 5) is 9.13. The number of fused-ring (bicyclic) bond motifs is 10. The molecule has 12 heteroatoms. The average molecular weight is 1270 g/mol. The SMILES string of the molecule is C=COc1ccc(N(c2ccc(OC)cc2)c2ccc3c(c2)C2(c4cc(N(c5ccc(OC)cc5)c5ccc(OC=C)cc5)ccc4-3)c3cc(N(c4ccc(OC)cc4)c4ccc(OC=C)cc4)ccc3-c3ccc(N(c4ccc(OC)cc4)c4ccc(OC=C)cc4)cc32)cc1. The largest absolute Gasteiger partial charge is 0.497 e. The van der Waals surface area contributed by atoms with E-state index in [1.165, 1.54) is 25.0 Å². The molecule has 0 saturated carbocycles. The molecule has 0 N–H and O–H groups in total. The van der Waals surface area contributed by atoms with Gasteiger partial charge in [-0.3, -0.25) is 0 Å². The number of anilines is 12. The van der Waals surface area contributed by atoms with Gasteiger partial charge in [0.05, 0.1) is 58.9 Å². The number of benzene rings is 12. The predicted octanol–water partition coefficient (Wildman–Crippen LogP) is 22.0. The highest BCUT2D eigenvalue weighted by atomic mass is 16.5. The Morgan fingerprint density at radius 1 is 0.216 bits per heavy atom. The summed E-state index contributed by atoms with van der Waals surface area (Å²) in [6.45, 7) is 15.3. The molecule has 0 atom stereocenters. The van der Waals surface area contributed by atoms with Crippen LogP contribution in [0.15, 0.2) is 318 Å². The predicted molar refractivity (Wildman–Crippen MR) is 391 cm³/mol. The monoisotopic (exact) mass is 1270 g/mol. The van der Waals surface area contributed by atoms with Gasteiger partial charge in [0.15, 0.2) is 0 Å². The van der Waals surface area contributed by atoms with Gasteiger partial charge in [-0.2, -0.15) is 0 Å². The first kappa shape index (κ1) is 61.7. The van der Waals surface area contributed by atoms with E-state index in [4.69, 9.17) is 37.9 Å². The number of methoxy groups -OCH3 is 4. The minimum absolute atomic E-state index is 0.664. The number of rotatable bonds is 24. The summed E-state index contributed by atoms with van der Waals surface area (Å²) in [5.41, 5.74) is 18.5. The quantitative estimate of drug-likeness (QED) is 0.0540. The molecule has 476 valence electrons. The van der Waals surface area contributed by atoms with E-state index in [0.29, 0.717) is 23.0 Å². The van der Waals surface area contributed by atoms with E-state index in [1.807, 2.05) is 97.1 Å². The first-order valence-electron chi connectivity index (χ1n) is 31.5. The van der Waals surface area contributed by atoms with Crippen molar-refractivity contribution >= 4 is 68.2 Å². The maximum atomic E-state index is 5.81. The third kappa shape index (κ3) is 11.4. The van der Waals surface area contributed by atoms with Gasteiger partial charge in [-0.05, 0) is 287 Å². The highest BCUT2D eigenvalue weighted by Gasteiger charge is 2.53. The number of hydrogen-bond donors (Lipinski definition) is 0. The average Bonchev–Trinajstić information content (AvgIpc) is 1.50. The van der Waals surface area contributed by atoms with Gasteiger partial charge in [0, 0.05) is 68.2 Å². The summed E-state index contributed by atoms with van der Waals surface area (Å²) in [6, 6.07) is 92.6. The first-order chi connectivity index (χ1) is 47.7. The lowest BCUT2D eigenvalue weighted by Gasteiger charge is -2.35. The van der Waals surface area contributed by atoms with Crippen LogP contribution in [0.1, 0.15) is 22.3 Å². The van der Waals surface area contributed by atoms with Crippen molar-refractivity contribution in [3.63, 3.8) is 0 Å². The fourth-order valence-corrected chi connectivity index (χ4v) is 13.5. The number of ether oxygens (including phenoxy) is 8. The van der Waals surface area contributed by atoms with E-state index >= 15 is 0 Å². The Bertz CT molecular complexity index is 4240. The Labute approximate surface area is 565 Å². The van der Waals surface area contributed by atoms with Gasteiger partial charge in [-0.25, -0.2) is 0 Å². The number of hydrogen-bond acceptors (Lipinski definition) is 12. The lowest BCUT2D eigenvalue weighted by molar-refractivity contribution is 0.414. The molecule has 12 aromatic carbocycles. The highest BCUT2D eigenvalue weighted by molar-refractivity contribution is 6.00. The lowest BCUT2D eigenvalue weighted by Crippen LogP contribution is -2.27. The van der Waals surface area contributed by atoms with Gasteiger partial charge >= 0.3 is 0 Å². The fourth-order valence-electron chi connectivity index (χ4n) is 13.5. The molecular weight excluding hydrogens is 1200 g/mol. The van der Waals surface area contributed by atoms with Crippen molar-refractivity contribution in [3.8, 4) is 68.2 Å². The van der Waals surface area contributed by atoms with Gasteiger partial charge in [0.25, 0.3) is 0 Å². The van der Waals surface area contributed by atoms with Gasteiger partial charge in [-0.1, -0.05) is 50.6 Å². The second kappa shape index (κ2) is 26.7. The maximum absolute atomic E-state index is 5.81. The van der Waals surface area contributed by atoms with E-state index < -0.39 is 5.41 Å². The summed E-state index contributed by atoms with van der Waals surface area (Å²) >= 11 is 0. The Kier molecular flexibility index (Phi) is 17.0. The Morgan fingerprint density at radius 3 is 0.526 bits per heavy atom. The van der Waals surface area contributed by atoms with Gasteiger partial charge in [-0.15, -0.1) is 0 Å². The standard InChI is InChI=1S/C85H68N4O8/c1-9-94-73-41-21-61(22-42-73)86(57-13-33-69(90-5)34-14-57)65-29-49-77-78-50-30-66(87(58-15-35-70(91-6)36-16-58)62-23-43-74(44-24-62)95-10-2)54-82(78)85(81(77)53-65)83-55-67(88(59-17-37-71(92-7)38-18-59)63-25-45-75(46-26-63)96-11-3)31-51-79(83)80-52-32-68(56-84(80)85)89(60-19-39-72(93-8)40-20-60)64-27-47-76(48-28-64)97-12-4/h9-56H,1-4H2,5-8H3. The Hall–Kier alpha value is -12.8. The minimum Gasteiger partial charge on any atom is -0.497 e. The fraction of sp³-hybridized carbons (Fsp3) is 0.0588. The molecule has 2 aliphatic carbocycles. The third-order valence-corrected chi connectivity index (χ3v) is 17.8. The molecule has 0 aromatic heterocycles. The van der Waals surface area contributed by atoms with Crippen LogP contribution in [0.3, 0.4) is 0 Å². The topological polar surface area (TPSA) is 86.8 Å². The third-order valence-electron chi connectivity index (χ3n) is 17.8. The highest BCUT2D eigenvalue weighted by Crippen LogP contribution is 2.66. The zero-order valence-corrected chi connectivity index (χ0v) is 54.1. The van der Waals surface area contributed by atoms with Crippen molar-refractivity contribution in [2.75, 3.05) is 48.0 Å². The molecule has 0 heterocycles. The Morgan fingerprint density at radius 2 is 0.371 bits per heavy atom. The number of nitrogens with zero attached hydrogens (tertiary/aromatic N) is 4. The smallest absolute Gasteiger partial charge is 0.126 e.